The van der Waals surface area contributed by atoms with Gasteiger partial charge in [0, 0.05) is 0 Å². The molecule has 1 heterocycles. The molecule has 1 aliphatic rings. The summed E-state index contributed by atoms with van der Waals surface area (Å²) in [6.07, 6.45) is 0. The van der Waals surface area contributed by atoms with E-state index in [1.54, 1.807) is 0 Å². The lowest BCUT2D eigenvalue weighted by Crippen LogP contribution is -2.43. The lowest BCUT2D eigenvalue weighted by Gasteiger charge is -2.19. The second kappa shape index (κ2) is 1.62. The predicted octanol–water partition coefficient (Wildman–Crippen LogP) is -0.690. The maximum absolute atomic E-state index is 10.3. The summed E-state index contributed by atoms with van der Waals surface area (Å²) in [6.45, 7) is 0. The fraction of sp³-hybridized carbons (Fsp3) is 1.00. The molecule has 0 aromatic heterocycles. The maximum Gasteiger partial charge on any atom is 0.237 e. The Morgan fingerprint density at radius 1 is 1.11 bits per heavy atom. The van der Waals surface area contributed by atoms with Gasteiger partial charge in [0.1, 0.15) is 0 Å². The van der Waals surface area contributed by atoms with Gasteiger partial charge in [0.25, 0.3) is 0 Å². The van der Waals surface area contributed by atoms with E-state index in [-0.39, 0.29) is 0 Å². The molecular formula is C2H3ClO4S2. The van der Waals surface area contributed by atoms with Crippen LogP contribution in [0, 0.1) is 0 Å². The third-order valence-corrected chi connectivity index (χ3v) is 8.04. The quantitative estimate of drug-likeness (QED) is 0.474. The lowest BCUT2D eigenvalue weighted by molar-refractivity contribution is 0.575. The summed E-state index contributed by atoms with van der Waals surface area (Å²) in [5.74, 6) is 0. The Bertz CT molecular complexity index is 278. The first-order valence-corrected chi connectivity index (χ1v) is 5.80. The molecule has 0 bridgehead atoms. The molecule has 0 spiro atoms. The van der Waals surface area contributed by atoms with Gasteiger partial charge in [0.15, 0.2) is 24.8 Å². The average Bonchev–Trinajstić information content (AvgIpc) is 1.63. The molecule has 0 amide bonds. The SMILES string of the molecule is O=S1(=O)CS(=O)(=O)C1Cl. The first kappa shape index (κ1) is 7.30. The largest absolute Gasteiger partial charge is 0.237 e. The zero-order chi connectivity index (χ0) is 7.28. The van der Waals surface area contributed by atoms with Crippen molar-refractivity contribution in [2.24, 2.45) is 0 Å². The van der Waals surface area contributed by atoms with Crippen LogP contribution in [0.2, 0.25) is 0 Å². The van der Waals surface area contributed by atoms with Crippen molar-refractivity contribution in [1.29, 1.82) is 0 Å². The van der Waals surface area contributed by atoms with Gasteiger partial charge in [-0.2, -0.15) is 0 Å². The van der Waals surface area contributed by atoms with Gasteiger partial charge in [-0.1, -0.05) is 11.6 Å². The Kier molecular flexibility index (Phi) is 1.31. The number of hydrogen-bond acceptors (Lipinski definition) is 4. The minimum Gasteiger partial charge on any atom is -0.225 e. The molecule has 0 N–H and O–H groups in total. The van der Waals surface area contributed by atoms with Crippen molar-refractivity contribution in [3.05, 3.63) is 0 Å². The van der Waals surface area contributed by atoms with Gasteiger partial charge in [-0.3, -0.25) is 0 Å². The van der Waals surface area contributed by atoms with E-state index >= 15 is 0 Å². The number of halogens is 1. The van der Waals surface area contributed by atoms with Gasteiger partial charge < -0.3 is 0 Å². The number of sulfone groups is 2. The third-order valence-electron chi connectivity index (χ3n) is 0.893. The van der Waals surface area contributed by atoms with Crippen LogP contribution < -0.4 is 0 Å². The molecule has 0 saturated carbocycles. The van der Waals surface area contributed by atoms with E-state index in [0.717, 1.165) is 0 Å². The molecule has 1 rings (SSSR count). The average molecular weight is 191 g/mol. The van der Waals surface area contributed by atoms with Crippen LogP contribution in [0.4, 0.5) is 0 Å². The van der Waals surface area contributed by atoms with Crippen molar-refractivity contribution in [2.45, 2.75) is 4.04 Å². The molecule has 0 atom stereocenters. The number of alkyl halides is 1. The third kappa shape index (κ3) is 0.948. The van der Waals surface area contributed by atoms with Crippen LogP contribution in [0.1, 0.15) is 0 Å². The van der Waals surface area contributed by atoms with Crippen LogP contribution in [-0.2, 0) is 19.7 Å². The van der Waals surface area contributed by atoms with Crippen LogP contribution in [0.5, 0.6) is 0 Å². The Morgan fingerprint density at radius 2 is 1.44 bits per heavy atom. The second-order valence-electron chi connectivity index (χ2n) is 1.72. The van der Waals surface area contributed by atoms with Gasteiger partial charge in [0.05, 0.1) is 0 Å². The van der Waals surface area contributed by atoms with Gasteiger partial charge >= 0.3 is 0 Å². The molecule has 0 aromatic rings. The highest BCUT2D eigenvalue weighted by molar-refractivity contribution is 8.26. The molecule has 0 aliphatic carbocycles. The Morgan fingerprint density at radius 3 is 1.44 bits per heavy atom. The summed E-state index contributed by atoms with van der Waals surface area (Å²) in [7, 11) is -6.98. The summed E-state index contributed by atoms with van der Waals surface area (Å²) in [6, 6.07) is 0. The second-order valence-corrected chi connectivity index (χ2v) is 7.51. The number of rotatable bonds is 0. The van der Waals surface area contributed by atoms with Crippen molar-refractivity contribution in [3.8, 4) is 0 Å². The van der Waals surface area contributed by atoms with Gasteiger partial charge in [-0.15, -0.1) is 0 Å². The van der Waals surface area contributed by atoms with E-state index in [2.05, 4.69) is 0 Å². The fourth-order valence-corrected chi connectivity index (χ4v) is 5.29. The van der Waals surface area contributed by atoms with Gasteiger partial charge in [-0.05, 0) is 0 Å². The highest BCUT2D eigenvalue weighted by Gasteiger charge is 2.49. The van der Waals surface area contributed by atoms with Gasteiger partial charge in [-0.25, -0.2) is 16.8 Å². The topological polar surface area (TPSA) is 68.3 Å². The molecule has 0 unspecified atom stereocenters. The Balaban J connectivity index is 3.14. The van der Waals surface area contributed by atoms with E-state index in [1.165, 1.54) is 0 Å². The summed E-state index contributed by atoms with van der Waals surface area (Å²) in [5.41, 5.74) is 0. The zero-order valence-corrected chi connectivity index (χ0v) is 6.50. The zero-order valence-electron chi connectivity index (χ0n) is 4.11. The molecule has 1 saturated heterocycles. The van der Waals surface area contributed by atoms with Crippen LogP contribution in [-0.4, -0.2) is 26.0 Å². The minimum atomic E-state index is -3.49. The van der Waals surface area contributed by atoms with E-state index in [0.29, 0.717) is 0 Å². The van der Waals surface area contributed by atoms with Crippen molar-refractivity contribution in [1.82, 2.24) is 0 Å². The summed E-state index contributed by atoms with van der Waals surface area (Å²) < 4.78 is 39.6. The van der Waals surface area contributed by atoms with E-state index in [9.17, 15) is 16.8 Å². The van der Waals surface area contributed by atoms with Crippen LogP contribution in [0.3, 0.4) is 0 Å². The molecule has 7 heteroatoms. The lowest BCUT2D eigenvalue weighted by atomic mass is 11.8. The molecule has 0 aromatic carbocycles. The summed E-state index contributed by atoms with van der Waals surface area (Å²) in [4.78, 5) is 0. The van der Waals surface area contributed by atoms with Crippen molar-refractivity contribution in [3.63, 3.8) is 0 Å². The maximum atomic E-state index is 10.3. The van der Waals surface area contributed by atoms with Crippen LogP contribution in [0.25, 0.3) is 0 Å². The van der Waals surface area contributed by atoms with Crippen molar-refractivity contribution in [2.75, 3.05) is 5.08 Å². The predicted molar refractivity (Wildman–Crippen MR) is 32.3 cm³/mol. The monoisotopic (exact) mass is 190 g/mol. The van der Waals surface area contributed by atoms with Crippen LogP contribution in [0.15, 0.2) is 0 Å². The fourth-order valence-electron chi connectivity index (χ4n) is 0.484. The summed E-state index contributed by atoms with van der Waals surface area (Å²) in [5, 5.41) is -0.797. The van der Waals surface area contributed by atoms with E-state index in [4.69, 9.17) is 11.6 Å². The molecule has 0 radical (unpaired) electrons. The first-order valence-electron chi connectivity index (χ1n) is 1.93. The van der Waals surface area contributed by atoms with Crippen molar-refractivity contribution >= 4 is 31.3 Å². The van der Waals surface area contributed by atoms with Crippen LogP contribution >= 0.6 is 11.6 Å². The smallest absolute Gasteiger partial charge is 0.225 e. The highest BCUT2D eigenvalue weighted by atomic mass is 35.5. The Hall–Kier alpha value is 0.190. The van der Waals surface area contributed by atoms with E-state index < -0.39 is 28.8 Å². The Labute approximate surface area is 57.7 Å². The number of hydrogen-bond donors (Lipinski definition) is 0. The van der Waals surface area contributed by atoms with Gasteiger partial charge in [0.2, 0.25) is 4.04 Å². The van der Waals surface area contributed by atoms with E-state index in [1.807, 2.05) is 0 Å². The highest BCUT2D eigenvalue weighted by Crippen LogP contribution is 2.28. The normalized spacial score (nSPS) is 31.2. The first-order chi connectivity index (χ1) is 3.86. The molecule has 1 fully saturated rings. The molecule has 9 heavy (non-hydrogen) atoms. The molecule has 1 aliphatic heterocycles. The minimum absolute atomic E-state index is 0.797. The standard InChI is InChI=1S/C2H3ClO4S2/c3-2-8(4,5)1-9(2,6)7/h2H,1H2. The molecule has 4 nitrogen and oxygen atoms in total. The van der Waals surface area contributed by atoms with Crippen molar-refractivity contribution < 1.29 is 16.8 Å². The molecular weight excluding hydrogens is 188 g/mol. The summed E-state index contributed by atoms with van der Waals surface area (Å²) >= 11 is 4.96. The molecule has 54 valence electrons.